The lowest BCUT2D eigenvalue weighted by molar-refractivity contribution is 1.47. The van der Waals surface area contributed by atoms with Crippen molar-refractivity contribution < 1.29 is 0 Å². The van der Waals surface area contributed by atoms with Gasteiger partial charge in [-0.05, 0) is 60.7 Å². The number of hydrogen-bond acceptors (Lipinski definition) is 4. The first-order chi connectivity index (χ1) is 14.3. The monoisotopic (exact) mass is 408 g/mol. The number of thiophene rings is 1. The molecule has 2 nitrogen and oxygen atoms in total. The van der Waals surface area contributed by atoms with Crippen LogP contribution >= 0.6 is 22.7 Å². The summed E-state index contributed by atoms with van der Waals surface area (Å²) in [4.78, 5) is 4.75. The molecule has 0 bridgehead atoms. The molecule has 29 heavy (non-hydrogen) atoms. The number of thiazole rings is 1. The highest BCUT2D eigenvalue weighted by atomic mass is 32.1. The second-order valence-corrected chi connectivity index (χ2v) is 9.11. The predicted octanol–water partition coefficient (Wildman–Crippen LogP) is 8.07. The zero-order valence-corrected chi connectivity index (χ0v) is 17.1. The van der Waals surface area contributed by atoms with Crippen molar-refractivity contribution in [1.82, 2.24) is 4.98 Å². The van der Waals surface area contributed by atoms with Crippen molar-refractivity contribution in [3.05, 3.63) is 91.0 Å². The molecule has 0 saturated heterocycles. The first kappa shape index (κ1) is 16.7. The van der Waals surface area contributed by atoms with Crippen molar-refractivity contribution in [3.63, 3.8) is 0 Å². The van der Waals surface area contributed by atoms with Crippen molar-refractivity contribution in [2.75, 3.05) is 5.32 Å². The third kappa shape index (κ3) is 2.97. The third-order valence-electron chi connectivity index (χ3n) is 5.09. The summed E-state index contributed by atoms with van der Waals surface area (Å²) in [5.41, 5.74) is 4.39. The highest BCUT2D eigenvalue weighted by Crippen LogP contribution is 2.36. The molecule has 138 valence electrons. The number of benzene rings is 4. The minimum absolute atomic E-state index is 1.06. The fraction of sp³-hybridized carbons (Fsp3) is 0. The fourth-order valence-corrected chi connectivity index (χ4v) is 5.72. The van der Waals surface area contributed by atoms with Crippen molar-refractivity contribution in [1.29, 1.82) is 0 Å². The number of hydrogen-bond donors (Lipinski definition) is 1. The van der Waals surface area contributed by atoms with Gasteiger partial charge in [0.1, 0.15) is 5.01 Å². The van der Waals surface area contributed by atoms with Gasteiger partial charge in [0.25, 0.3) is 0 Å². The standard InChI is InChI=1S/C25H16N2S2/c1-3-7-22-19(5-1)20-15-18(13-14-23(20)28-22)26-17-11-9-16(10-12-17)25-27-21-6-2-4-8-24(21)29-25/h1-15,26H. The number of nitrogens with one attached hydrogen (secondary N) is 1. The Morgan fingerprint density at radius 2 is 1.31 bits per heavy atom. The number of aromatic nitrogens is 1. The van der Waals surface area contributed by atoms with Gasteiger partial charge in [-0.2, -0.15) is 0 Å². The van der Waals surface area contributed by atoms with Crippen LogP contribution < -0.4 is 5.32 Å². The molecule has 6 rings (SSSR count). The van der Waals surface area contributed by atoms with Gasteiger partial charge in [0.05, 0.1) is 10.2 Å². The number of fused-ring (bicyclic) bond motifs is 4. The molecular formula is C25H16N2S2. The largest absolute Gasteiger partial charge is 0.356 e. The summed E-state index contributed by atoms with van der Waals surface area (Å²) in [5.74, 6) is 0. The Morgan fingerprint density at radius 3 is 2.17 bits per heavy atom. The second kappa shape index (κ2) is 6.69. The Labute approximate surface area is 176 Å². The lowest BCUT2D eigenvalue weighted by Crippen LogP contribution is -1.89. The van der Waals surface area contributed by atoms with Crippen LogP contribution in [0.15, 0.2) is 91.0 Å². The minimum atomic E-state index is 1.06. The zero-order valence-electron chi connectivity index (χ0n) is 15.4. The van der Waals surface area contributed by atoms with E-state index in [4.69, 9.17) is 4.98 Å². The van der Waals surface area contributed by atoms with Gasteiger partial charge in [0.15, 0.2) is 0 Å². The van der Waals surface area contributed by atoms with Crippen LogP contribution in [-0.2, 0) is 0 Å². The number of para-hydroxylation sites is 1. The van der Waals surface area contributed by atoms with Crippen LogP contribution in [0.1, 0.15) is 0 Å². The average molecular weight is 409 g/mol. The molecule has 2 heterocycles. The Kier molecular flexibility index (Phi) is 3.86. The van der Waals surface area contributed by atoms with E-state index in [-0.39, 0.29) is 0 Å². The minimum Gasteiger partial charge on any atom is -0.356 e. The quantitative estimate of drug-likeness (QED) is 0.320. The van der Waals surface area contributed by atoms with Gasteiger partial charge in [0.2, 0.25) is 0 Å². The van der Waals surface area contributed by atoms with E-state index in [2.05, 4.69) is 90.2 Å². The summed E-state index contributed by atoms with van der Waals surface area (Å²) in [6, 6.07) is 32.0. The van der Waals surface area contributed by atoms with Crippen LogP contribution in [0, 0.1) is 0 Å². The van der Waals surface area contributed by atoms with Crippen molar-refractivity contribution in [2.45, 2.75) is 0 Å². The highest BCUT2D eigenvalue weighted by molar-refractivity contribution is 7.25. The van der Waals surface area contributed by atoms with E-state index in [0.717, 1.165) is 27.5 Å². The van der Waals surface area contributed by atoms with E-state index in [1.54, 1.807) is 11.3 Å². The van der Waals surface area contributed by atoms with Crippen LogP contribution in [0.2, 0.25) is 0 Å². The SMILES string of the molecule is c1ccc2sc(-c3ccc(Nc4ccc5sc6ccccc6c5c4)cc3)nc2c1. The first-order valence-corrected chi connectivity index (χ1v) is 11.1. The highest BCUT2D eigenvalue weighted by Gasteiger charge is 2.07. The second-order valence-electron chi connectivity index (χ2n) is 7.00. The lowest BCUT2D eigenvalue weighted by atomic mass is 10.1. The maximum absolute atomic E-state index is 4.75. The van der Waals surface area contributed by atoms with Crippen LogP contribution in [0.4, 0.5) is 11.4 Å². The normalized spacial score (nSPS) is 11.4. The van der Waals surface area contributed by atoms with E-state index in [1.165, 1.54) is 24.9 Å². The van der Waals surface area contributed by atoms with Gasteiger partial charge >= 0.3 is 0 Å². The maximum Gasteiger partial charge on any atom is 0.124 e. The molecule has 0 radical (unpaired) electrons. The molecule has 0 spiro atoms. The van der Waals surface area contributed by atoms with E-state index < -0.39 is 0 Å². The molecule has 0 amide bonds. The molecule has 0 aliphatic carbocycles. The van der Waals surface area contributed by atoms with Crippen molar-refractivity contribution >= 4 is 64.4 Å². The molecule has 4 aromatic carbocycles. The Bertz CT molecular complexity index is 1440. The molecule has 0 fully saturated rings. The van der Waals surface area contributed by atoms with Gasteiger partial charge in [-0.25, -0.2) is 4.98 Å². The van der Waals surface area contributed by atoms with Gasteiger partial charge in [0, 0.05) is 37.1 Å². The van der Waals surface area contributed by atoms with Crippen LogP contribution in [0.25, 0.3) is 41.0 Å². The van der Waals surface area contributed by atoms with Gasteiger partial charge < -0.3 is 5.32 Å². The summed E-state index contributed by atoms with van der Waals surface area (Å²) in [6.07, 6.45) is 0. The lowest BCUT2D eigenvalue weighted by Gasteiger charge is -2.07. The van der Waals surface area contributed by atoms with Crippen molar-refractivity contribution in [3.8, 4) is 10.6 Å². The molecule has 6 aromatic rings. The van der Waals surface area contributed by atoms with Gasteiger partial charge in [-0.1, -0.05) is 30.3 Å². The third-order valence-corrected chi connectivity index (χ3v) is 7.33. The topological polar surface area (TPSA) is 24.9 Å². The smallest absolute Gasteiger partial charge is 0.124 e. The molecule has 0 aliphatic rings. The molecule has 2 aromatic heterocycles. The van der Waals surface area contributed by atoms with E-state index >= 15 is 0 Å². The van der Waals surface area contributed by atoms with Crippen LogP contribution in [0.5, 0.6) is 0 Å². The zero-order chi connectivity index (χ0) is 19.2. The summed E-state index contributed by atoms with van der Waals surface area (Å²) in [6.45, 7) is 0. The number of rotatable bonds is 3. The van der Waals surface area contributed by atoms with E-state index in [9.17, 15) is 0 Å². The fourth-order valence-electron chi connectivity index (χ4n) is 3.66. The first-order valence-electron chi connectivity index (χ1n) is 9.48. The number of nitrogens with zero attached hydrogens (tertiary/aromatic N) is 1. The predicted molar refractivity (Wildman–Crippen MR) is 128 cm³/mol. The van der Waals surface area contributed by atoms with Crippen LogP contribution in [0.3, 0.4) is 0 Å². The van der Waals surface area contributed by atoms with E-state index in [0.29, 0.717) is 0 Å². The van der Waals surface area contributed by atoms with Gasteiger partial charge in [-0.15, -0.1) is 22.7 Å². The average Bonchev–Trinajstić information content (AvgIpc) is 3.35. The molecule has 0 unspecified atom stereocenters. The van der Waals surface area contributed by atoms with E-state index in [1.807, 2.05) is 17.4 Å². The summed E-state index contributed by atoms with van der Waals surface area (Å²) in [7, 11) is 0. The summed E-state index contributed by atoms with van der Waals surface area (Å²) in [5, 5.41) is 7.23. The molecule has 0 atom stereocenters. The number of anilines is 2. The molecule has 0 aliphatic heterocycles. The molecule has 0 saturated carbocycles. The Balaban J connectivity index is 1.31. The van der Waals surface area contributed by atoms with Crippen LogP contribution in [-0.4, -0.2) is 4.98 Å². The van der Waals surface area contributed by atoms with Crippen molar-refractivity contribution in [2.24, 2.45) is 0 Å². The Morgan fingerprint density at radius 1 is 0.586 bits per heavy atom. The molecule has 4 heteroatoms. The van der Waals surface area contributed by atoms with Gasteiger partial charge in [-0.3, -0.25) is 0 Å². The molecule has 1 N–H and O–H groups in total. The summed E-state index contributed by atoms with van der Waals surface area (Å²) >= 11 is 3.58. The maximum atomic E-state index is 4.75. The Hall–Kier alpha value is -3.21. The molecular weight excluding hydrogens is 392 g/mol. The summed E-state index contributed by atoms with van der Waals surface area (Å²) < 4.78 is 3.88.